The van der Waals surface area contributed by atoms with Gasteiger partial charge in [0.1, 0.15) is 4.88 Å². The van der Waals surface area contributed by atoms with Crippen LogP contribution in [0.2, 0.25) is 5.02 Å². The fourth-order valence-corrected chi connectivity index (χ4v) is 2.52. The molecule has 0 aliphatic heterocycles. The van der Waals surface area contributed by atoms with Gasteiger partial charge in [0.2, 0.25) is 0 Å². The molecule has 0 saturated carbocycles. The molecule has 2 aromatic rings. The summed E-state index contributed by atoms with van der Waals surface area (Å²) in [5.74, 6) is -0.178. The molecule has 2 heterocycles. The number of carbonyl (C=O) groups excluding carboxylic acids is 1. The molecule has 0 bridgehead atoms. The third-order valence-electron chi connectivity index (χ3n) is 2.31. The Morgan fingerprint density at radius 3 is 2.88 bits per heavy atom. The largest absolute Gasteiger partial charge is 0.396 e. The van der Waals surface area contributed by atoms with Crippen LogP contribution in [0.25, 0.3) is 0 Å². The van der Waals surface area contributed by atoms with Crippen LogP contribution in [0.15, 0.2) is 29.9 Å². The Kier molecular flexibility index (Phi) is 3.31. The average Bonchev–Trinajstić information content (AvgIpc) is 2.74. The molecule has 4 nitrogen and oxygen atoms in total. The first-order valence-electron chi connectivity index (χ1n) is 4.82. The molecule has 0 atom stereocenters. The van der Waals surface area contributed by atoms with Crippen molar-refractivity contribution in [2.24, 2.45) is 0 Å². The van der Waals surface area contributed by atoms with Crippen molar-refractivity contribution in [3.63, 3.8) is 0 Å². The monoisotopic (exact) mass is 267 g/mol. The van der Waals surface area contributed by atoms with E-state index in [1.165, 1.54) is 22.4 Å². The first-order valence-corrected chi connectivity index (χ1v) is 6.07. The van der Waals surface area contributed by atoms with Crippen molar-refractivity contribution < 1.29 is 4.79 Å². The van der Waals surface area contributed by atoms with Gasteiger partial charge in [-0.2, -0.15) is 0 Å². The van der Waals surface area contributed by atoms with Crippen molar-refractivity contribution in [3.8, 4) is 0 Å². The molecule has 17 heavy (non-hydrogen) atoms. The summed E-state index contributed by atoms with van der Waals surface area (Å²) in [7, 11) is 1.66. The van der Waals surface area contributed by atoms with E-state index in [-0.39, 0.29) is 5.91 Å². The summed E-state index contributed by atoms with van der Waals surface area (Å²) in [5.41, 5.74) is 6.84. The average molecular weight is 268 g/mol. The van der Waals surface area contributed by atoms with Crippen molar-refractivity contribution in [2.75, 3.05) is 17.7 Å². The van der Waals surface area contributed by atoms with Crippen molar-refractivity contribution in [2.45, 2.75) is 0 Å². The topological polar surface area (TPSA) is 59.2 Å². The molecule has 0 fully saturated rings. The molecule has 0 saturated heterocycles. The van der Waals surface area contributed by atoms with Crippen LogP contribution < -0.4 is 10.6 Å². The van der Waals surface area contributed by atoms with Crippen LogP contribution in [0, 0.1) is 0 Å². The Morgan fingerprint density at radius 1 is 1.53 bits per heavy atom. The van der Waals surface area contributed by atoms with E-state index in [1.807, 2.05) is 0 Å². The van der Waals surface area contributed by atoms with Crippen LogP contribution >= 0.6 is 22.9 Å². The van der Waals surface area contributed by atoms with E-state index in [2.05, 4.69) is 4.98 Å². The number of rotatable bonds is 2. The van der Waals surface area contributed by atoms with E-state index < -0.39 is 0 Å². The lowest BCUT2D eigenvalue weighted by molar-refractivity contribution is 0.0997. The zero-order chi connectivity index (χ0) is 12.4. The van der Waals surface area contributed by atoms with Crippen LogP contribution in [0.3, 0.4) is 0 Å². The Labute approximate surface area is 108 Å². The highest BCUT2D eigenvalue weighted by Gasteiger charge is 2.19. The van der Waals surface area contributed by atoms with Crippen LogP contribution in [0.4, 0.5) is 11.4 Å². The van der Waals surface area contributed by atoms with Crippen LogP contribution in [-0.2, 0) is 0 Å². The number of pyridine rings is 1. The second-order valence-corrected chi connectivity index (χ2v) is 4.72. The summed E-state index contributed by atoms with van der Waals surface area (Å²) in [5, 5.41) is 2.23. The molecule has 6 heteroatoms. The summed E-state index contributed by atoms with van der Waals surface area (Å²) in [6.07, 6.45) is 3.10. The minimum atomic E-state index is -0.178. The molecule has 0 aliphatic rings. The zero-order valence-electron chi connectivity index (χ0n) is 9.05. The number of carbonyl (C=O) groups is 1. The van der Waals surface area contributed by atoms with Crippen LogP contribution in [0.5, 0.6) is 0 Å². The fraction of sp³-hybridized carbons (Fsp3) is 0.0909. The van der Waals surface area contributed by atoms with Crippen molar-refractivity contribution in [3.05, 3.63) is 39.8 Å². The van der Waals surface area contributed by atoms with Gasteiger partial charge in [0, 0.05) is 13.2 Å². The van der Waals surface area contributed by atoms with E-state index in [1.54, 1.807) is 30.8 Å². The summed E-state index contributed by atoms with van der Waals surface area (Å²) in [6.45, 7) is 0. The standard InChI is InChI=1S/C11H10ClN3OS/c1-15(9-2-4-14-6-8(9)13)11(16)10-7(12)3-5-17-10/h2-6H,13H2,1H3. The number of anilines is 2. The van der Waals surface area contributed by atoms with E-state index >= 15 is 0 Å². The molecular formula is C11H10ClN3OS. The number of nitrogen functional groups attached to an aromatic ring is 1. The molecule has 0 aromatic carbocycles. The fourth-order valence-electron chi connectivity index (χ4n) is 1.41. The molecule has 2 aromatic heterocycles. The number of amides is 1. The minimum absolute atomic E-state index is 0.178. The SMILES string of the molecule is CN(C(=O)c1sccc1Cl)c1ccncc1N. The third-order valence-corrected chi connectivity index (χ3v) is 3.63. The maximum Gasteiger partial charge on any atom is 0.269 e. The van der Waals surface area contributed by atoms with Gasteiger partial charge in [-0.15, -0.1) is 11.3 Å². The number of nitrogens with two attached hydrogens (primary N) is 1. The second kappa shape index (κ2) is 4.73. The maximum atomic E-state index is 12.2. The van der Waals surface area contributed by atoms with Gasteiger partial charge in [-0.25, -0.2) is 0 Å². The van der Waals surface area contributed by atoms with Gasteiger partial charge < -0.3 is 10.6 Å². The predicted molar refractivity (Wildman–Crippen MR) is 70.7 cm³/mol. The Morgan fingerprint density at radius 2 is 2.29 bits per heavy atom. The first-order chi connectivity index (χ1) is 8.11. The molecule has 88 valence electrons. The first kappa shape index (κ1) is 11.9. The molecule has 2 N–H and O–H groups in total. The normalized spacial score (nSPS) is 10.2. The number of thiophene rings is 1. The summed E-state index contributed by atoms with van der Waals surface area (Å²) in [4.78, 5) is 18.0. The highest BCUT2D eigenvalue weighted by atomic mass is 35.5. The van der Waals surface area contributed by atoms with Gasteiger partial charge in [-0.3, -0.25) is 9.78 Å². The molecule has 0 spiro atoms. The number of hydrogen-bond acceptors (Lipinski definition) is 4. The molecule has 0 aliphatic carbocycles. The molecule has 0 radical (unpaired) electrons. The van der Waals surface area contributed by atoms with Crippen molar-refractivity contribution in [1.29, 1.82) is 0 Å². The minimum Gasteiger partial charge on any atom is -0.396 e. The Bertz CT molecular complexity index is 555. The van der Waals surface area contributed by atoms with Crippen LogP contribution in [-0.4, -0.2) is 17.9 Å². The lowest BCUT2D eigenvalue weighted by Gasteiger charge is -2.18. The Hall–Kier alpha value is -1.59. The second-order valence-electron chi connectivity index (χ2n) is 3.40. The van der Waals surface area contributed by atoms with E-state index in [0.29, 0.717) is 21.3 Å². The number of nitrogens with zero attached hydrogens (tertiary/aromatic N) is 2. The van der Waals surface area contributed by atoms with E-state index in [4.69, 9.17) is 17.3 Å². The summed E-state index contributed by atoms with van der Waals surface area (Å²) < 4.78 is 0. The zero-order valence-corrected chi connectivity index (χ0v) is 10.6. The number of halogens is 1. The third kappa shape index (κ3) is 2.25. The van der Waals surface area contributed by atoms with Gasteiger partial charge in [-0.05, 0) is 17.5 Å². The molecule has 2 rings (SSSR count). The van der Waals surface area contributed by atoms with Gasteiger partial charge in [-0.1, -0.05) is 11.6 Å². The quantitative estimate of drug-likeness (QED) is 0.910. The highest BCUT2D eigenvalue weighted by Crippen LogP contribution is 2.27. The number of hydrogen-bond donors (Lipinski definition) is 1. The molecule has 1 amide bonds. The maximum absolute atomic E-state index is 12.2. The van der Waals surface area contributed by atoms with E-state index in [9.17, 15) is 4.79 Å². The van der Waals surface area contributed by atoms with Crippen LogP contribution in [0.1, 0.15) is 9.67 Å². The van der Waals surface area contributed by atoms with Crippen molar-refractivity contribution in [1.82, 2.24) is 4.98 Å². The van der Waals surface area contributed by atoms with E-state index in [0.717, 1.165) is 0 Å². The van der Waals surface area contributed by atoms with Gasteiger partial charge >= 0.3 is 0 Å². The van der Waals surface area contributed by atoms with Gasteiger partial charge in [0.25, 0.3) is 5.91 Å². The lowest BCUT2D eigenvalue weighted by atomic mass is 10.3. The van der Waals surface area contributed by atoms with Crippen molar-refractivity contribution >= 4 is 40.2 Å². The highest BCUT2D eigenvalue weighted by molar-refractivity contribution is 7.12. The smallest absolute Gasteiger partial charge is 0.269 e. The lowest BCUT2D eigenvalue weighted by Crippen LogP contribution is -2.26. The van der Waals surface area contributed by atoms with Gasteiger partial charge in [0.05, 0.1) is 22.6 Å². The predicted octanol–water partition coefficient (Wildman–Crippen LogP) is 2.66. The Balaban J connectivity index is 2.33. The summed E-state index contributed by atoms with van der Waals surface area (Å²) in [6, 6.07) is 3.39. The van der Waals surface area contributed by atoms with Gasteiger partial charge in [0.15, 0.2) is 0 Å². The molecular weight excluding hydrogens is 258 g/mol. The molecule has 0 unspecified atom stereocenters. The number of aromatic nitrogens is 1. The summed E-state index contributed by atoms with van der Waals surface area (Å²) >= 11 is 7.23.